The summed E-state index contributed by atoms with van der Waals surface area (Å²) in [5.41, 5.74) is 10.5. The summed E-state index contributed by atoms with van der Waals surface area (Å²) in [6.07, 6.45) is 12.2. The zero-order chi connectivity index (χ0) is 26.0. The smallest absolute Gasteiger partial charge is 0.220 e. The van der Waals surface area contributed by atoms with Crippen molar-refractivity contribution < 1.29 is 9.53 Å². The Hall–Kier alpha value is -3.80. The van der Waals surface area contributed by atoms with Crippen molar-refractivity contribution in [2.24, 2.45) is 27.6 Å². The Bertz CT molecular complexity index is 1230. The molecule has 2 N–H and O–H groups in total. The molecule has 6 nitrogen and oxygen atoms in total. The van der Waals surface area contributed by atoms with Gasteiger partial charge in [0.05, 0.1) is 12.8 Å². The number of carbonyl (C=O) groups excluding carboxylic acids is 1. The molecule has 0 saturated heterocycles. The highest BCUT2D eigenvalue weighted by molar-refractivity contribution is 6.02. The normalized spacial score (nSPS) is 15.2. The number of primary amides is 1. The van der Waals surface area contributed by atoms with Crippen LogP contribution in [0.25, 0.3) is 11.1 Å². The molecule has 6 heteroatoms. The number of methoxy groups -OCH3 is 1. The fraction of sp³-hybridized carbons (Fsp3) is 0.355. The van der Waals surface area contributed by atoms with Gasteiger partial charge in [-0.3, -0.25) is 9.78 Å². The summed E-state index contributed by atoms with van der Waals surface area (Å²) >= 11 is 0. The molecule has 1 aliphatic rings. The zero-order valence-corrected chi connectivity index (χ0v) is 21.6. The van der Waals surface area contributed by atoms with Crippen LogP contribution in [-0.2, 0) is 11.2 Å². The molecular weight excluding hydrogens is 460 g/mol. The first kappa shape index (κ1) is 26.3. The molecule has 4 rings (SSSR count). The number of nitrogens with zero attached hydrogens (tertiary/aromatic N) is 3. The summed E-state index contributed by atoms with van der Waals surface area (Å²) in [5, 5.41) is 0. The van der Waals surface area contributed by atoms with Crippen LogP contribution in [0.5, 0.6) is 5.75 Å². The largest absolute Gasteiger partial charge is 0.497 e. The number of nitrogens with two attached hydrogens (primary N) is 1. The third kappa shape index (κ3) is 7.13. The number of aliphatic imine (C=N–C) groups is 2. The first-order chi connectivity index (χ1) is 18.1. The lowest BCUT2D eigenvalue weighted by molar-refractivity contribution is -0.122. The quantitative estimate of drug-likeness (QED) is 0.255. The van der Waals surface area contributed by atoms with Crippen LogP contribution in [0.3, 0.4) is 0 Å². The molecule has 0 bridgehead atoms. The van der Waals surface area contributed by atoms with Gasteiger partial charge in [-0.05, 0) is 85.0 Å². The molecule has 2 aromatic carbocycles. The van der Waals surface area contributed by atoms with Crippen LogP contribution in [0, 0.1) is 11.8 Å². The molecule has 1 aliphatic carbocycles. The van der Waals surface area contributed by atoms with Gasteiger partial charge in [-0.25, -0.2) is 9.98 Å². The van der Waals surface area contributed by atoms with Gasteiger partial charge in [0.15, 0.2) is 5.84 Å². The van der Waals surface area contributed by atoms with E-state index >= 15 is 0 Å². The minimum absolute atomic E-state index is 0.255. The topological polar surface area (TPSA) is 89.9 Å². The number of carbonyl (C=O) groups is 1. The van der Waals surface area contributed by atoms with Gasteiger partial charge in [-0.1, -0.05) is 50.3 Å². The van der Waals surface area contributed by atoms with Crippen LogP contribution in [0.15, 0.2) is 77.0 Å². The van der Waals surface area contributed by atoms with Gasteiger partial charge in [0.1, 0.15) is 5.75 Å². The van der Waals surface area contributed by atoms with Gasteiger partial charge in [0.2, 0.25) is 5.91 Å². The Morgan fingerprint density at radius 2 is 1.92 bits per heavy atom. The van der Waals surface area contributed by atoms with Gasteiger partial charge in [0, 0.05) is 23.9 Å². The molecular formula is C31H36N4O2. The SMILES string of the molecule is C=NC(=Nc1ccc(-c2cccc(OC)c2)cc1CC(CCC1CCCCC1)C(N)=O)c1cccnc1. The van der Waals surface area contributed by atoms with Crippen molar-refractivity contribution in [3.05, 3.63) is 78.1 Å². The third-order valence-corrected chi connectivity index (χ3v) is 7.30. The van der Waals surface area contributed by atoms with E-state index in [0.29, 0.717) is 18.2 Å². The average molecular weight is 497 g/mol. The van der Waals surface area contributed by atoms with E-state index in [2.05, 4.69) is 22.8 Å². The van der Waals surface area contributed by atoms with E-state index in [1.807, 2.05) is 48.5 Å². The Morgan fingerprint density at radius 1 is 1.11 bits per heavy atom. The lowest BCUT2D eigenvalue weighted by Gasteiger charge is -2.23. The zero-order valence-electron chi connectivity index (χ0n) is 21.6. The maximum Gasteiger partial charge on any atom is 0.220 e. The average Bonchev–Trinajstić information content (AvgIpc) is 2.95. The van der Waals surface area contributed by atoms with Crippen molar-refractivity contribution in [2.45, 2.75) is 51.4 Å². The number of rotatable bonds is 10. The van der Waals surface area contributed by atoms with E-state index in [1.165, 1.54) is 32.1 Å². The van der Waals surface area contributed by atoms with E-state index in [1.54, 1.807) is 19.5 Å². The first-order valence-corrected chi connectivity index (χ1v) is 13.1. The number of amides is 1. The monoisotopic (exact) mass is 496 g/mol. The molecule has 192 valence electrons. The summed E-state index contributed by atoms with van der Waals surface area (Å²) in [4.78, 5) is 25.8. The molecule has 1 heterocycles. The van der Waals surface area contributed by atoms with Crippen molar-refractivity contribution in [2.75, 3.05) is 7.11 Å². The van der Waals surface area contributed by atoms with Crippen LogP contribution in [0.2, 0.25) is 0 Å². The number of ether oxygens (including phenoxy) is 1. The second-order valence-corrected chi connectivity index (χ2v) is 9.80. The number of hydrogen-bond acceptors (Lipinski definition) is 4. The Labute approximate surface area is 219 Å². The lowest BCUT2D eigenvalue weighted by atomic mass is 9.82. The van der Waals surface area contributed by atoms with Crippen LogP contribution in [0.4, 0.5) is 5.69 Å². The van der Waals surface area contributed by atoms with Gasteiger partial charge < -0.3 is 10.5 Å². The molecule has 0 spiro atoms. The number of pyridine rings is 1. The molecule has 1 unspecified atom stereocenters. The fourth-order valence-electron chi connectivity index (χ4n) is 5.16. The number of amidine groups is 1. The molecule has 1 atom stereocenters. The summed E-state index contributed by atoms with van der Waals surface area (Å²) in [6.45, 7) is 3.72. The molecule has 0 radical (unpaired) electrons. The Kier molecular flexibility index (Phi) is 9.19. The summed E-state index contributed by atoms with van der Waals surface area (Å²) in [7, 11) is 1.66. The van der Waals surface area contributed by atoms with Gasteiger partial charge in [0.25, 0.3) is 0 Å². The van der Waals surface area contributed by atoms with Crippen LogP contribution in [-0.4, -0.2) is 30.6 Å². The van der Waals surface area contributed by atoms with Crippen LogP contribution in [0.1, 0.15) is 56.1 Å². The molecule has 1 fully saturated rings. The van der Waals surface area contributed by atoms with E-state index in [0.717, 1.165) is 46.5 Å². The second-order valence-electron chi connectivity index (χ2n) is 9.80. The van der Waals surface area contributed by atoms with Crippen molar-refractivity contribution in [1.82, 2.24) is 4.98 Å². The minimum atomic E-state index is -0.258. The highest BCUT2D eigenvalue weighted by Crippen LogP contribution is 2.33. The van der Waals surface area contributed by atoms with Crippen LogP contribution < -0.4 is 10.5 Å². The molecule has 1 saturated carbocycles. The van der Waals surface area contributed by atoms with Crippen molar-refractivity contribution in [3.8, 4) is 16.9 Å². The highest BCUT2D eigenvalue weighted by Gasteiger charge is 2.22. The fourth-order valence-corrected chi connectivity index (χ4v) is 5.16. The molecule has 1 aromatic heterocycles. The van der Waals surface area contributed by atoms with Gasteiger partial charge >= 0.3 is 0 Å². The summed E-state index contributed by atoms with van der Waals surface area (Å²) < 4.78 is 5.42. The number of hydrogen-bond donors (Lipinski definition) is 1. The predicted molar refractivity (Wildman–Crippen MR) is 151 cm³/mol. The minimum Gasteiger partial charge on any atom is -0.497 e. The van der Waals surface area contributed by atoms with E-state index in [9.17, 15) is 4.79 Å². The number of aromatic nitrogens is 1. The van der Waals surface area contributed by atoms with E-state index in [4.69, 9.17) is 15.5 Å². The standard InChI is InChI=1S/C31H36N4O2/c1-33-31(26-11-7-17-34-21-26)35-29-16-15-24(23-10-6-12-28(20-23)37-2)18-27(29)19-25(30(32)36)14-13-22-8-4-3-5-9-22/h6-7,10-12,15-18,20-22,25H,1,3-5,8-9,13-14,19H2,2H3,(H2,32,36). The Morgan fingerprint density at radius 3 is 2.62 bits per heavy atom. The van der Waals surface area contributed by atoms with Crippen molar-refractivity contribution >= 4 is 24.1 Å². The van der Waals surface area contributed by atoms with E-state index < -0.39 is 0 Å². The molecule has 1 amide bonds. The number of benzene rings is 2. The molecule has 37 heavy (non-hydrogen) atoms. The predicted octanol–water partition coefficient (Wildman–Crippen LogP) is 6.54. The summed E-state index contributed by atoms with van der Waals surface area (Å²) in [5.74, 6) is 1.46. The third-order valence-electron chi connectivity index (χ3n) is 7.30. The lowest BCUT2D eigenvalue weighted by Crippen LogP contribution is -2.26. The molecule has 3 aromatic rings. The summed E-state index contributed by atoms with van der Waals surface area (Å²) in [6, 6.07) is 17.8. The first-order valence-electron chi connectivity index (χ1n) is 13.1. The highest BCUT2D eigenvalue weighted by atomic mass is 16.5. The van der Waals surface area contributed by atoms with Gasteiger partial charge in [-0.15, -0.1) is 0 Å². The maximum absolute atomic E-state index is 12.6. The molecule has 0 aliphatic heterocycles. The maximum atomic E-state index is 12.6. The van der Waals surface area contributed by atoms with Crippen molar-refractivity contribution in [1.29, 1.82) is 0 Å². The van der Waals surface area contributed by atoms with E-state index in [-0.39, 0.29) is 11.8 Å². The second kappa shape index (κ2) is 12.9. The van der Waals surface area contributed by atoms with Crippen LogP contribution >= 0.6 is 0 Å². The van der Waals surface area contributed by atoms with Gasteiger partial charge in [-0.2, -0.15) is 0 Å². The Balaban J connectivity index is 1.69. The van der Waals surface area contributed by atoms with Crippen molar-refractivity contribution in [3.63, 3.8) is 0 Å².